The fraction of sp³-hybridized carbons (Fsp3) is 0.312. The van der Waals surface area contributed by atoms with Gasteiger partial charge in [0.05, 0.1) is 21.8 Å². The van der Waals surface area contributed by atoms with Crippen molar-refractivity contribution in [3.8, 4) is 0 Å². The Morgan fingerprint density at radius 3 is 2.75 bits per heavy atom. The van der Waals surface area contributed by atoms with Crippen LogP contribution in [0.25, 0.3) is 0 Å². The Hall–Kier alpha value is -1.09. The maximum absolute atomic E-state index is 6.36. The van der Waals surface area contributed by atoms with Gasteiger partial charge in [-0.15, -0.1) is 0 Å². The van der Waals surface area contributed by atoms with Crippen LogP contribution in [-0.2, 0) is 0 Å². The number of pyridine rings is 1. The Morgan fingerprint density at radius 1 is 1.25 bits per heavy atom. The molecule has 2 rings (SSSR count). The van der Waals surface area contributed by atoms with Gasteiger partial charge >= 0.3 is 0 Å². The first kappa shape index (κ1) is 15.3. The van der Waals surface area contributed by atoms with Crippen molar-refractivity contribution in [2.24, 2.45) is 0 Å². The Labute approximate surface area is 130 Å². The lowest BCUT2D eigenvalue weighted by Gasteiger charge is -2.20. The molecule has 0 saturated carbocycles. The summed E-state index contributed by atoms with van der Waals surface area (Å²) in [5, 5.41) is 4.65. The number of halogens is 2. The molecule has 0 saturated heterocycles. The van der Waals surface area contributed by atoms with Gasteiger partial charge in [-0.1, -0.05) is 42.3 Å². The fourth-order valence-corrected chi connectivity index (χ4v) is 2.54. The van der Waals surface area contributed by atoms with Crippen LogP contribution in [0.2, 0.25) is 10.0 Å². The molecule has 2 nitrogen and oxygen atoms in total. The van der Waals surface area contributed by atoms with Gasteiger partial charge < -0.3 is 5.32 Å². The van der Waals surface area contributed by atoms with E-state index >= 15 is 0 Å². The normalized spacial score (nSPS) is 12.4. The predicted molar refractivity (Wildman–Crippen MR) is 85.6 cm³/mol. The third-order valence-electron chi connectivity index (χ3n) is 3.12. The molecule has 106 valence electrons. The number of nitrogens with one attached hydrogen (secondary N) is 1. The van der Waals surface area contributed by atoms with Crippen molar-refractivity contribution in [3.63, 3.8) is 0 Å². The van der Waals surface area contributed by atoms with Crippen molar-refractivity contribution in [1.29, 1.82) is 0 Å². The molecule has 1 aromatic carbocycles. The Morgan fingerprint density at radius 2 is 2.05 bits per heavy atom. The molecular weight excluding hydrogens is 291 g/mol. The van der Waals surface area contributed by atoms with E-state index in [1.54, 1.807) is 6.07 Å². The quantitative estimate of drug-likeness (QED) is 0.859. The average Bonchev–Trinajstić information content (AvgIpc) is 2.44. The average molecular weight is 309 g/mol. The van der Waals surface area contributed by atoms with E-state index in [1.165, 1.54) is 5.56 Å². The molecule has 2 aromatic rings. The van der Waals surface area contributed by atoms with E-state index in [9.17, 15) is 0 Å². The zero-order chi connectivity index (χ0) is 14.5. The summed E-state index contributed by atoms with van der Waals surface area (Å²) in [6, 6.07) is 9.73. The number of hydrogen-bond donors (Lipinski definition) is 1. The monoisotopic (exact) mass is 308 g/mol. The lowest BCUT2D eigenvalue weighted by molar-refractivity contribution is 0.586. The van der Waals surface area contributed by atoms with Gasteiger partial charge in [0.2, 0.25) is 0 Å². The first-order chi connectivity index (χ1) is 9.63. The number of aromatic nitrogens is 1. The van der Waals surface area contributed by atoms with E-state index in [1.807, 2.05) is 24.4 Å². The van der Waals surface area contributed by atoms with E-state index in [4.69, 9.17) is 23.2 Å². The molecular formula is C16H18Cl2N2. The summed E-state index contributed by atoms with van der Waals surface area (Å²) in [7, 11) is 0. The van der Waals surface area contributed by atoms with Gasteiger partial charge in [-0.25, -0.2) is 0 Å². The van der Waals surface area contributed by atoms with Crippen molar-refractivity contribution in [3.05, 3.63) is 63.4 Å². The number of hydrogen-bond acceptors (Lipinski definition) is 2. The number of nitrogens with zero attached hydrogens (tertiary/aromatic N) is 1. The number of benzene rings is 1. The highest BCUT2D eigenvalue weighted by atomic mass is 35.5. The summed E-state index contributed by atoms with van der Waals surface area (Å²) >= 11 is 12.5. The van der Waals surface area contributed by atoms with Gasteiger partial charge in [0.1, 0.15) is 0 Å². The van der Waals surface area contributed by atoms with Crippen molar-refractivity contribution in [1.82, 2.24) is 10.3 Å². The van der Waals surface area contributed by atoms with Crippen molar-refractivity contribution in [2.75, 3.05) is 6.54 Å². The molecule has 0 aliphatic heterocycles. The van der Waals surface area contributed by atoms with Crippen molar-refractivity contribution in [2.45, 2.75) is 26.3 Å². The van der Waals surface area contributed by atoms with Gasteiger partial charge in [-0.2, -0.15) is 0 Å². The Bertz CT molecular complexity index is 584. The second-order valence-electron chi connectivity index (χ2n) is 4.79. The molecule has 1 atom stereocenters. The van der Waals surface area contributed by atoms with Crippen LogP contribution in [0, 0.1) is 6.92 Å². The van der Waals surface area contributed by atoms with E-state index < -0.39 is 0 Å². The summed E-state index contributed by atoms with van der Waals surface area (Å²) in [4.78, 5) is 4.48. The summed E-state index contributed by atoms with van der Waals surface area (Å²) in [5.74, 6) is 0. The molecule has 1 N–H and O–H groups in total. The first-order valence-electron chi connectivity index (χ1n) is 6.73. The molecule has 4 heteroatoms. The molecule has 0 spiro atoms. The van der Waals surface area contributed by atoms with Crippen molar-refractivity contribution < 1.29 is 0 Å². The van der Waals surface area contributed by atoms with E-state index in [2.05, 4.69) is 30.2 Å². The topological polar surface area (TPSA) is 24.9 Å². The minimum absolute atomic E-state index is 0.0407. The zero-order valence-electron chi connectivity index (χ0n) is 11.7. The third kappa shape index (κ3) is 3.51. The van der Waals surface area contributed by atoms with Gasteiger partial charge in [-0.05, 0) is 49.2 Å². The minimum atomic E-state index is -0.0407. The van der Waals surface area contributed by atoms with E-state index in [0.29, 0.717) is 10.0 Å². The minimum Gasteiger partial charge on any atom is -0.305 e. The van der Waals surface area contributed by atoms with Crippen LogP contribution in [-0.4, -0.2) is 11.5 Å². The zero-order valence-corrected chi connectivity index (χ0v) is 13.2. The van der Waals surface area contributed by atoms with Gasteiger partial charge in [-0.3, -0.25) is 4.98 Å². The summed E-state index contributed by atoms with van der Waals surface area (Å²) in [5.41, 5.74) is 3.10. The largest absolute Gasteiger partial charge is 0.305 e. The highest BCUT2D eigenvalue weighted by Gasteiger charge is 2.19. The summed E-state index contributed by atoms with van der Waals surface area (Å²) in [6.45, 7) is 5.08. The maximum atomic E-state index is 6.36. The third-order valence-corrected chi connectivity index (χ3v) is 3.96. The molecule has 0 amide bonds. The van der Waals surface area contributed by atoms with Crippen LogP contribution >= 0.6 is 23.2 Å². The molecule has 0 aliphatic rings. The maximum Gasteiger partial charge on any atom is 0.0766 e. The second kappa shape index (κ2) is 7.07. The van der Waals surface area contributed by atoms with Crippen LogP contribution < -0.4 is 5.32 Å². The summed E-state index contributed by atoms with van der Waals surface area (Å²) < 4.78 is 0. The van der Waals surface area contributed by atoms with Crippen LogP contribution in [0.15, 0.2) is 36.5 Å². The lowest BCUT2D eigenvalue weighted by Crippen LogP contribution is -2.24. The van der Waals surface area contributed by atoms with Gasteiger partial charge in [0, 0.05) is 6.20 Å². The molecule has 0 bridgehead atoms. The van der Waals surface area contributed by atoms with Crippen LogP contribution in [0.3, 0.4) is 0 Å². The second-order valence-corrected chi connectivity index (χ2v) is 5.57. The van der Waals surface area contributed by atoms with Gasteiger partial charge in [0.25, 0.3) is 0 Å². The molecule has 1 heterocycles. The van der Waals surface area contributed by atoms with E-state index in [-0.39, 0.29) is 6.04 Å². The van der Waals surface area contributed by atoms with Gasteiger partial charge in [0.15, 0.2) is 0 Å². The molecule has 0 aliphatic carbocycles. The SMILES string of the molecule is CCCNC(c1cc(C)ccn1)c1cccc(Cl)c1Cl. The van der Waals surface area contributed by atoms with Crippen LogP contribution in [0.1, 0.15) is 36.2 Å². The highest BCUT2D eigenvalue weighted by molar-refractivity contribution is 6.42. The molecule has 0 radical (unpaired) electrons. The molecule has 0 fully saturated rings. The molecule has 1 unspecified atom stereocenters. The standard InChI is InChI=1S/C16H18Cl2N2/c1-3-8-20-16(14-10-11(2)7-9-19-14)12-5-4-6-13(17)15(12)18/h4-7,9-10,16,20H,3,8H2,1-2H3. The predicted octanol–water partition coefficient (Wildman–Crippen LogP) is 4.79. The summed E-state index contributed by atoms with van der Waals surface area (Å²) in [6.07, 6.45) is 2.87. The lowest BCUT2D eigenvalue weighted by atomic mass is 10.0. The smallest absolute Gasteiger partial charge is 0.0766 e. The highest BCUT2D eigenvalue weighted by Crippen LogP contribution is 2.32. The molecule has 1 aromatic heterocycles. The van der Waals surface area contributed by atoms with Crippen LogP contribution in [0.4, 0.5) is 0 Å². The van der Waals surface area contributed by atoms with Crippen LogP contribution in [0.5, 0.6) is 0 Å². The molecule has 20 heavy (non-hydrogen) atoms. The number of aryl methyl sites for hydroxylation is 1. The number of rotatable bonds is 5. The van der Waals surface area contributed by atoms with E-state index in [0.717, 1.165) is 24.2 Å². The Balaban J connectivity index is 2.44. The van der Waals surface area contributed by atoms with Crippen molar-refractivity contribution >= 4 is 23.2 Å². The first-order valence-corrected chi connectivity index (χ1v) is 7.49. The fourth-order valence-electron chi connectivity index (χ4n) is 2.12. The Kier molecular flexibility index (Phi) is 5.41.